The van der Waals surface area contributed by atoms with Crippen molar-refractivity contribution in [2.24, 2.45) is 0 Å². The molecular formula is C21H17ClN2O4. The van der Waals surface area contributed by atoms with Crippen molar-refractivity contribution in [3.63, 3.8) is 0 Å². The lowest BCUT2D eigenvalue weighted by atomic mass is 10.1. The highest BCUT2D eigenvalue weighted by molar-refractivity contribution is 6.30. The molecule has 1 N–H and O–H groups in total. The van der Waals surface area contributed by atoms with Gasteiger partial charge in [-0.05, 0) is 29.8 Å². The van der Waals surface area contributed by atoms with E-state index in [1.165, 1.54) is 24.3 Å². The summed E-state index contributed by atoms with van der Waals surface area (Å²) < 4.78 is 5.87. The molecular weight excluding hydrogens is 380 g/mol. The predicted molar refractivity (Wildman–Crippen MR) is 106 cm³/mol. The molecule has 0 saturated heterocycles. The molecule has 0 fully saturated rings. The summed E-state index contributed by atoms with van der Waals surface area (Å²) in [7, 11) is 0. The summed E-state index contributed by atoms with van der Waals surface area (Å²) in [5, 5.41) is 14.0. The number of hydrogen-bond donors (Lipinski definition) is 1. The summed E-state index contributed by atoms with van der Waals surface area (Å²) in [4.78, 5) is 22.5. The van der Waals surface area contributed by atoms with Crippen LogP contribution in [0.25, 0.3) is 0 Å². The van der Waals surface area contributed by atoms with E-state index in [4.69, 9.17) is 16.3 Å². The van der Waals surface area contributed by atoms with Crippen molar-refractivity contribution >= 4 is 23.2 Å². The molecule has 0 bridgehead atoms. The highest BCUT2D eigenvalue weighted by Gasteiger charge is 2.11. The van der Waals surface area contributed by atoms with Gasteiger partial charge in [0.2, 0.25) is 0 Å². The van der Waals surface area contributed by atoms with Crippen LogP contribution in [-0.4, -0.2) is 10.8 Å². The van der Waals surface area contributed by atoms with Crippen molar-refractivity contribution in [1.29, 1.82) is 0 Å². The summed E-state index contributed by atoms with van der Waals surface area (Å²) in [6.45, 7) is 0.613. The number of non-ortho nitro benzene ring substituents is 1. The van der Waals surface area contributed by atoms with E-state index in [0.717, 1.165) is 11.1 Å². The minimum absolute atomic E-state index is 0.0640. The van der Waals surface area contributed by atoms with Gasteiger partial charge in [-0.3, -0.25) is 14.9 Å². The fourth-order valence-electron chi connectivity index (χ4n) is 2.56. The van der Waals surface area contributed by atoms with Crippen LogP contribution in [0.4, 0.5) is 5.69 Å². The topological polar surface area (TPSA) is 81.5 Å². The smallest absolute Gasteiger partial charge is 0.269 e. The number of rotatable bonds is 7. The molecule has 0 aliphatic heterocycles. The second-order valence-electron chi connectivity index (χ2n) is 6.01. The van der Waals surface area contributed by atoms with Gasteiger partial charge in [-0.2, -0.15) is 0 Å². The SMILES string of the molecule is O=C(NCc1ccc(Cl)cc1OCc1ccccc1)c1ccc([N+](=O)[O-])cc1. The van der Waals surface area contributed by atoms with Crippen LogP contribution in [0, 0.1) is 10.1 Å². The summed E-state index contributed by atoms with van der Waals surface area (Å²) in [5.74, 6) is 0.249. The Morgan fingerprint density at radius 3 is 2.43 bits per heavy atom. The van der Waals surface area contributed by atoms with Crippen LogP contribution in [0.3, 0.4) is 0 Å². The molecule has 3 aromatic carbocycles. The molecule has 6 nitrogen and oxygen atoms in total. The van der Waals surface area contributed by atoms with E-state index in [1.807, 2.05) is 30.3 Å². The van der Waals surface area contributed by atoms with Gasteiger partial charge in [0.1, 0.15) is 12.4 Å². The number of hydrogen-bond acceptors (Lipinski definition) is 4. The average Bonchev–Trinajstić information content (AvgIpc) is 2.72. The van der Waals surface area contributed by atoms with Crippen LogP contribution in [-0.2, 0) is 13.2 Å². The van der Waals surface area contributed by atoms with Crippen LogP contribution >= 0.6 is 11.6 Å². The van der Waals surface area contributed by atoms with Crippen molar-refractivity contribution in [3.8, 4) is 5.75 Å². The van der Waals surface area contributed by atoms with Crippen LogP contribution in [0.1, 0.15) is 21.5 Å². The van der Waals surface area contributed by atoms with Crippen LogP contribution in [0.15, 0.2) is 72.8 Å². The van der Waals surface area contributed by atoms with Gasteiger partial charge in [-0.25, -0.2) is 0 Å². The van der Waals surface area contributed by atoms with E-state index in [1.54, 1.807) is 18.2 Å². The zero-order valence-corrected chi connectivity index (χ0v) is 15.6. The maximum Gasteiger partial charge on any atom is 0.269 e. The Bertz CT molecular complexity index is 975. The first kappa shape index (κ1) is 19.4. The molecule has 0 unspecified atom stereocenters. The highest BCUT2D eigenvalue weighted by atomic mass is 35.5. The summed E-state index contributed by atoms with van der Waals surface area (Å²) in [6.07, 6.45) is 0. The summed E-state index contributed by atoms with van der Waals surface area (Å²) >= 11 is 6.08. The number of carbonyl (C=O) groups is 1. The summed E-state index contributed by atoms with van der Waals surface area (Å²) in [6, 6.07) is 20.4. The first-order valence-corrected chi connectivity index (χ1v) is 8.88. The Labute approximate surface area is 166 Å². The van der Waals surface area contributed by atoms with Crippen molar-refractivity contribution in [1.82, 2.24) is 5.32 Å². The van der Waals surface area contributed by atoms with Crippen molar-refractivity contribution in [2.75, 3.05) is 0 Å². The molecule has 0 heterocycles. The fourth-order valence-corrected chi connectivity index (χ4v) is 2.72. The Morgan fingerprint density at radius 1 is 1.04 bits per heavy atom. The number of nitro groups is 1. The lowest BCUT2D eigenvalue weighted by molar-refractivity contribution is -0.384. The number of nitrogens with one attached hydrogen (secondary N) is 1. The van der Waals surface area contributed by atoms with Gasteiger partial charge < -0.3 is 10.1 Å². The second-order valence-corrected chi connectivity index (χ2v) is 6.45. The number of carbonyl (C=O) groups excluding carboxylic acids is 1. The Kier molecular flexibility index (Phi) is 6.24. The van der Waals surface area contributed by atoms with Crippen molar-refractivity contribution in [2.45, 2.75) is 13.2 Å². The molecule has 0 spiro atoms. The number of benzene rings is 3. The second kappa shape index (κ2) is 9.01. The lowest BCUT2D eigenvalue weighted by Crippen LogP contribution is -2.23. The van der Waals surface area contributed by atoms with Crippen LogP contribution in [0.2, 0.25) is 5.02 Å². The van der Waals surface area contributed by atoms with E-state index in [0.29, 0.717) is 22.9 Å². The third-order valence-electron chi connectivity index (χ3n) is 4.05. The monoisotopic (exact) mass is 396 g/mol. The van der Waals surface area contributed by atoms with E-state index in [2.05, 4.69) is 5.32 Å². The van der Waals surface area contributed by atoms with E-state index < -0.39 is 4.92 Å². The molecule has 3 aromatic rings. The maximum atomic E-state index is 12.3. The van der Waals surface area contributed by atoms with Gasteiger partial charge in [-0.15, -0.1) is 0 Å². The number of ether oxygens (including phenoxy) is 1. The van der Waals surface area contributed by atoms with Crippen molar-refractivity contribution in [3.05, 3.63) is 105 Å². The molecule has 3 rings (SSSR count). The molecule has 28 heavy (non-hydrogen) atoms. The minimum atomic E-state index is -0.508. The van der Waals surface area contributed by atoms with Crippen molar-refractivity contribution < 1.29 is 14.5 Å². The number of amides is 1. The van der Waals surface area contributed by atoms with Gasteiger partial charge in [0, 0.05) is 34.8 Å². The molecule has 0 aliphatic rings. The van der Waals surface area contributed by atoms with E-state index in [9.17, 15) is 14.9 Å². The molecule has 0 saturated carbocycles. The van der Waals surface area contributed by atoms with Crippen LogP contribution in [0.5, 0.6) is 5.75 Å². The quantitative estimate of drug-likeness (QED) is 0.461. The van der Waals surface area contributed by atoms with Gasteiger partial charge in [-0.1, -0.05) is 48.0 Å². The number of nitro benzene ring substituents is 1. The Balaban J connectivity index is 1.66. The molecule has 142 valence electrons. The average molecular weight is 397 g/mol. The van der Waals surface area contributed by atoms with Gasteiger partial charge in [0.15, 0.2) is 0 Å². The van der Waals surface area contributed by atoms with Gasteiger partial charge in [0.25, 0.3) is 11.6 Å². The molecule has 1 amide bonds. The fraction of sp³-hybridized carbons (Fsp3) is 0.0952. The zero-order valence-electron chi connectivity index (χ0n) is 14.8. The number of nitrogens with zero attached hydrogens (tertiary/aromatic N) is 1. The maximum absolute atomic E-state index is 12.3. The third-order valence-corrected chi connectivity index (χ3v) is 4.28. The predicted octanol–water partition coefficient (Wildman–Crippen LogP) is 4.76. The minimum Gasteiger partial charge on any atom is -0.488 e. The first-order valence-electron chi connectivity index (χ1n) is 8.51. The normalized spacial score (nSPS) is 10.3. The van der Waals surface area contributed by atoms with Crippen LogP contribution < -0.4 is 10.1 Å². The lowest BCUT2D eigenvalue weighted by Gasteiger charge is -2.13. The van der Waals surface area contributed by atoms with Gasteiger partial charge in [0.05, 0.1) is 4.92 Å². The molecule has 0 aliphatic carbocycles. The number of halogens is 1. The Morgan fingerprint density at radius 2 is 1.75 bits per heavy atom. The molecule has 0 radical (unpaired) electrons. The molecule has 0 atom stereocenters. The molecule has 0 aromatic heterocycles. The van der Waals surface area contributed by atoms with E-state index >= 15 is 0 Å². The largest absolute Gasteiger partial charge is 0.488 e. The van der Waals surface area contributed by atoms with Gasteiger partial charge >= 0.3 is 0 Å². The zero-order chi connectivity index (χ0) is 19.9. The van der Waals surface area contributed by atoms with E-state index in [-0.39, 0.29) is 18.1 Å². The first-order chi connectivity index (χ1) is 13.5. The molecule has 7 heteroatoms. The highest BCUT2D eigenvalue weighted by Crippen LogP contribution is 2.24. The third kappa shape index (κ3) is 5.08. The standard InChI is InChI=1S/C21H17ClN2O4/c22-18-9-6-17(20(12-18)28-14-15-4-2-1-3-5-15)13-23-21(25)16-7-10-19(11-8-16)24(26)27/h1-12H,13-14H2,(H,23,25). The Hall–Kier alpha value is -3.38. The summed E-state index contributed by atoms with van der Waals surface area (Å²) in [5.41, 5.74) is 2.07.